The van der Waals surface area contributed by atoms with Crippen molar-refractivity contribution < 1.29 is 107 Å². The Hall–Kier alpha value is -6.43. The monoisotopic (exact) mass is 1550 g/mol. The van der Waals surface area contributed by atoms with Crippen LogP contribution in [-0.4, -0.2) is 233 Å². The Labute approximate surface area is 586 Å². The predicted molar refractivity (Wildman–Crippen MR) is 357 cm³/mol. The summed E-state index contributed by atoms with van der Waals surface area (Å²) in [7, 11) is -3.27. The van der Waals surface area contributed by atoms with Crippen LogP contribution in [0.25, 0.3) is 44.7 Å². The number of rotatable bonds is 24. The van der Waals surface area contributed by atoms with Crippen LogP contribution in [0.5, 0.6) is 23.5 Å². The van der Waals surface area contributed by atoms with Gasteiger partial charge in [-0.15, -0.1) is 9.42 Å². The Kier molecular flexibility index (Phi) is 24.2. The first kappa shape index (κ1) is 75.7. The zero-order valence-electron chi connectivity index (χ0n) is 52.2. The van der Waals surface area contributed by atoms with Crippen molar-refractivity contribution >= 4 is 108 Å². The second-order valence-electron chi connectivity index (χ2n) is 22.0. The van der Waals surface area contributed by atoms with Crippen LogP contribution < -0.4 is 18.9 Å². The third-order valence-corrected chi connectivity index (χ3v) is 21.1. The highest BCUT2D eigenvalue weighted by Gasteiger charge is 2.56. The summed E-state index contributed by atoms with van der Waals surface area (Å²) < 4.78 is 168. The Morgan fingerprint density at radius 2 is 0.950 bits per heavy atom. The van der Waals surface area contributed by atoms with E-state index in [9.17, 15) is 19.5 Å². The van der Waals surface area contributed by atoms with Crippen molar-refractivity contribution in [3.8, 4) is 23.5 Å². The summed E-state index contributed by atoms with van der Waals surface area (Å²) in [4.78, 5) is 70.7. The van der Waals surface area contributed by atoms with Crippen molar-refractivity contribution in [3.63, 3.8) is 0 Å². The Morgan fingerprint density at radius 1 is 0.584 bits per heavy atom. The van der Waals surface area contributed by atoms with Crippen LogP contribution in [0.3, 0.4) is 0 Å². The van der Waals surface area contributed by atoms with Gasteiger partial charge in [0.25, 0.3) is 0 Å². The summed E-state index contributed by atoms with van der Waals surface area (Å²) in [6.45, 7) is 5.01. The summed E-state index contributed by atoms with van der Waals surface area (Å²) in [5, 5.41) is 10.1. The molecular weight excluding hydrogens is 1480 g/mol. The normalized spacial score (nSPS) is 31.2. The minimum atomic E-state index is -4.22. The van der Waals surface area contributed by atoms with E-state index in [0.29, 0.717) is 0 Å². The molecule has 8 aromatic heterocycles. The topological polar surface area (TPSA) is 391 Å². The molecule has 544 valence electrons. The van der Waals surface area contributed by atoms with E-state index >= 15 is 17.6 Å². The van der Waals surface area contributed by atoms with Crippen molar-refractivity contribution in [1.29, 1.82) is 0 Å². The number of imidazole rings is 4. The molecule has 0 amide bonds. The van der Waals surface area contributed by atoms with Crippen LogP contribution in [0.4, 0.5) is 17.6 Å². The van der Waals surface area contributed by atoms with Crippen molar-refractivity contribution in [2.75, 3.05) is 66.2 Å². The fourth-order valence-corrected chi connectivity index (χ4v) is 16.3. The van der Waals surface area contributed by atoms with Gasteiger partial charge in [-0.3, -0.25) is 22.8 Å². The Morgan fingerprint density at radius 3 is 1.34 bits per heavy atom. The molecule has 0 radical (unpaired) electrons. The maximum absolute atomic E-state index is 16.3. The lowest BCUT2D eigenvalue weighted by molar-refractivity contribution is -0.0549. The Balaban J connectivity index is 0.000000201. The zero-order chi connectivity index (χ0) is 70.8. The largest absolute Gasteiger partial charge is 0.695 e. The van der Waals surface area contributed by atoms with Gasteiger partial charge in [0.2, 0.25) is 23.5 Å². The lowest BCUT2D eigenvalue weighted by atomic mass is 10.1. The summed E-state index contributed by atoms with van der Waals surface area (Å²) in [5.41, 5.74) is 1.77. The minimum absolute atomic E-state index is 0. The van der Waals surface area contributed by atoms with Gasteiger partial charge in [0, 0.05) is 17.9 Å². The van der Waals surface area contributed by atoms with Crippen LogP contribution >= 0.6 is 28.0 Å². The van der Waals surface area contributed by atoms with E-state index < -0.39 is 146 Å². The molecule has 3 N–H and O–H groups in total. The first-order valence-corrected chi connectivity index (χ1v) is 39.7. The molecule has 5 saturated heterocycles. The quantitative estimate of drug-likeness (QED) is 0.0329. The van der Waals surface area contributed by atoms with Gasteiger partial charge in [0.15, 0.2) is 113 Å². The van der Waals surface area contributed by atoms with Gasteiger partial charge in [0.1, 0.15) is 94.5 Å². The van der Waals surface area contributed by atoms with Gasteiger partial charge >= 0.3 is 15.0 Å². The maximum atomic E-state index is 16.3. The molecule has 0 bridgehead atoms. The highest BCUT2D eigenvalue weighted by molar-refractivity contribution is 8.10. The van der Waals surface area contributed by atoms with Gasteiger partial charge in [-0.1, -0.05) is 58.0 Å². The molecule has 20 atom stereocenters. The molecule has 0 aromatic carbocycles. The average molecular weight is 1550 g/mol. The fraction of sp³-hybridized carbons (Fsp3) is 0.491. The zero-order valence-corrected chi connectivity index (χ0v) is 58.2. The number of aliphatic hydroxyl groups excluding tert-OH is 1. The van der Waals surface area contributed by atoms with Crippen LogP contribution in [0, 0.1) is 0 Å². The van der Waals surface area contributed by atoms with Gasteiger partial charge in [-0.25, -0.2) is 57.4 Å². The molecule has 13 rings (SSSR count). The van der Waals surface area contributed by atoms with E-state index in [0.717, 1.165) is 0 Å². The van der Waals surface area contributed by atoms with E-state index in [4.69, 9.17) is 105 Å². The molecule has 6 unspecified atom stereocenters. The number of nitrogens with zero attached hydrogens (tertiary/aromatic N) is 16. The SMILES string of the molecule is C.C=CCOc1ncnc2c1ncn2C1O[C@@H]2COP(O)(=S)O[C@H]3[C@@H](F)[C@H](n4cnc5c(OCC=C)ncnc54)O[C@@H]3COP(C)(=S)O[C@H]2[C@H]1F.C=CCOc1ncnc2c1ncn2C1O[C@H](CO)[C@@H](OP(C)(=S)OC[C@H]2O[C@@H](n3cnc4c(OCC=C)ncnc43)[C@H](F)[C@@H]2O[P+](=O)O)[C@H]1F. The summed E-state index contributed by atoms with van der Waals surface area (Å²) in [5.74, 6) is 0.609. The second-order valence-corrected chi connectivity index (χ2v) is 33.5. The maximum Gasteiger partial charge on any atom is 0.695 e. The summed E-state index contributed by atoms with van der Waals surface area (Å²) >= 11 is 16.5. The van der Waals surface area contributed by atoms with Crippen molar-refractivity contribution in [1.82, 2.24) is 78.1 Å². The number of halogens is 4. The molecule has 46 heteroatoms. The third kappa shape index (κ3) is 16.1. The number of hydrogen-bond acceptors (Lipinski definition) is 32. The van der Waals surface area contributed by atoms with E-state index in [1.54, 1.807) is 0 Å². The number of ether oxygens (including phenoxy) is 8. The summed E-state index contributed by atoms with van der Waals surface area (Å²) in [6, 6.07) is 0. The summed E-state index contributed by atoms with van der Waals surface area (Å²) in [6.07, 6.45) is -7.62. The fourth-order valence-electron chi connectivity index (χ4n) is 11.1. The van der Waals surface area contributed by atoms with Gasteiger partial charge in [-0.2, -0.15) is 19.9 Å². The van der Waals surface area contributed by atoms with Gasteiger partial charge in [0.05, 0.1) is 51.7 Å². The molecule has 5 aliphatic heterocycles. The van der Waals surface area contributed by atoms with Crippen LogP contribution in [0.1, 0.15) is 32.3 Å². The standard InChI is InChI=1S/C27H30F2N8O10P2S.C27H30F2N8O9P2S2.CH4/c1-4-6-41-24-18-22(30-10-32-24)36(12-34-18)26-16(28)20(46-48(39)40)15(45-26)9-43-49(3,50)47-21-14(8-38)44-27(17(21)29)37-13-35-19-23(37)31-11-33-25(19)42-7-5-2;1-4-6-39-24-18-22(30-10-32-24)36(12-34-18)26-16(28)20-15(44-26)9-42-48(38,50)46-21-14(8-41-47(3,49)45-20)43-27(17(21)29)37-13-35-19-23(37)31-11-33-25(19)40-7-5-2;/h4-5,10-17,20-21,26-27,38H,1-2,6-9H2,3H3;4-5,10-17,20-21,26-27H,1-2,6-9H2,3H3,(H,38,50);1H4/p+1/t14-,15-,16-,17-,20-,21-,26-,27?,49?;14-,15-,16-,17-,20-,21-,26?,27-,47?,48?;/m11./s1. The van der Waals surface area contributed by atoms with E-state index in [1.165, 1.54) is 107 Å². The Bertz CT molecular complexity index is 4330. The molecule has 13 heterocycles. The minimum Gasteiger partial charge on any atom is -0.472 e. The second kappa shape index (κ2) is 32.3. The highest BCUT2D eigenvalue weighted by atomic mass is 32.5. The number of aliphatic hydroxyl groups is 1. The van der Waals surface area contributed by atoms with E-state index in [-0.39, 0.29) is 109 Å². The number of fused-ring (bicyclic) bond motifs is 6. The van der Waals surface area contributed by atoms with Crippen molar-refractivity contribution in [2.24, 2.45) is 0 Å². The molecule has 5 fully saturated rings. The van der Waals surface area contributed by atoms with Crippen LogP contribution in [0.2, 0.25) is 0 Å². The predicted octanol–water partition coefficient (Wildman–Crippen LogP) is 6.51. The third-order valence-electron chi connectivity index (χ3n) is 15.4. The molecule has 101 heavy (non-hydrogen) atoms. The van der Waals surface area contributed by atoms with Gasteiger partial charge < -0.3 is 70.5 Å². The molecule has 8 aromatic rings. The average Bonchev–Trinajstić information content (AvgIpc) is 1.64. The molecule has 0 saturated carbocycles. The number of aromatic nitrogens is 16. The molecule has 0 spiro atoms. The van der Waals surface area contributed by atoms with Crippen molar-refractivity contribution in [2.45, 2.75) is 106 Å². The molecular formula is C55H65F4N16O19P4S3+. The lowest BCUT2D eigenvalue weighted by Gasteiger charge is -2.30. The molecule has 0 aliphatic carbocycles. The smallest absolute Gasteiger partial charge is 0.472 e. The van der Waals surface area contributed by atoms with E-state index in [1.807, 2.05) is 0 Å². The number of alkyl halides is 4. The molecule has 5 aliphatic rings. The highest BCUT2D eigenvalue weighted by Crippen LogP contribution is 2.56. The van der Waals surface area contributed by atoms with Crippen LogP contribution in [-0.2, 0) is 90.6 Å². The first-order valence-electron chi connectivity index (χ1n) is 29.8. The van der Waals surface area contributed by atoms with E-state index in [2.05, 4.69) is 86.1 Å². The first-order chi connectivity index (χ1) is 48.1. The lowest BCUT2D eigenvalue weighted by Crippen LogP contribution is -2.37. The van der Waals surface area contributed by atoms with Gasteiger partial charge in [-0.05, 0) is 35.4 Å². The molecule has 35 nitrogen and oxygen atoms in total. The van der Waals surface area contributed by atoms with Crippen LogP contribution in [0.15, 0.2) is 101 Å². The van der Waals surface area contributed by atoms with Crippen molar-refractivity contribution in [3.05, 3.63) is 101 Å². The number of hydrogen-bond donors (Lipinski definition) is 3.